The number of benzene rings is 1. The van der Waals surface area contributed by atoms with Crippen LogP contribution in [0.4, 0.5) is 0 Å². The van der Waals surface area contributed by atoms with Crippen molar-refractivity contribution >= 4 is 0 Å². The van der Waals surface area contributed by atoms with E-state index in [1.807, 2.05) is 6.07 Å². The Morgan fingerprint density at radius 3 is 2.59 bits per heavy atom. The third-order valence-corrected chi connectivity index (χ3v) is 3.53. The molecule has 5 nitrogen and oxygen atoms in total. The predicted molar refractivity (Wildman–Crippen MR) is 63.2 cm³/mol. The van der Waals surface area contributed by atoms with Gasteiger partial charge < -0.3 is 0 Å². The van der Waals surface area contributed by atoms with Gasteiger partial charge in [0, 0.05) is 11.3 Å². The van der Waals surface area contributed by atoms with Gasteiger partial charge in [0.05, 0.1) is 0 Å². The number of hydrogen-bond acceptors (Lipinski definition) is 4. The minimum Gasteiger partial charge on any atom is -0.264 e. The zero-order valence-electron chi connectivity index (χ0n) is 9.41. The lowest BCUT2D eigenvalue weighted by molar-refractivity contribution is -0.538. The Morgan fingerprint density at radius 2 is 2.00 bits per heavy atom. The first kappa shape index (κ1) is 11.7. The van der Waals surface area contributed by atoms with Crippen LogP contribution < -0.4 is 0 Å². The van der Waals surface area contributed by atoms with Crippen molar-refractivity contribution in [3.05, 3.63) is 50.9 Å². The van der Waals surface area contributed by atoms with Crippen molar-refractivity contribution < 1.29 is 4.92 Å². The first-order valence-corrected chi connectivity index (χ1v) is 5.74. The Hall–Kier alpha value is -1.78. The first-order chi connectivity index (χ1) is 8.20. The molecule has 2 atom stereocenters. The number of rotatable bonds is 3. The van der Waals surface area contributed by atoms with Crippen LogP contribution in [0.15, 0.2) is 35.5 Å². The van der Waals surface area contributed by atoms with Crippen molar-refractivity contribution in [2.75, 3.05) is 0 Å². The molecule has 5 heteroatoms. The number of nitrogens with zero attached hydrogens (tertiary/aromatic N) is 2. The topological polar surface area (TPSA) is 72.6 Å². The lowest BCUT2D eigenvalue weighted by Gasteiger charge is -2.32. The van der Waals surface area contributed by atoms with Gasteiger partial charge in [-0.2, -0.15) is 0 Å². The van der Waals surface area contributed by atoms with Crippen LogP contribution in [0.1, 0.15) is 31.2 Å². The van der Waals surface area contributed by atoms with E-state index in [0.29, 0.717) is 18.4 Å². The summed E-state index contributed by atoms with van der Waals surface area (Å²) >= 11 is 0. The van der Waals surface area contributed by atoms with E-state index in [0.717, 1.165) is 12.8 Å². The van der Waals surface area contributed by atoms with E-state index >= 15 is 0 Å². The smallest absolute Gasteiger partial charge is 0.245 e. The van der Waals surface area contributed by atoms with E-state index < -0.39 is 11.6 Å². The summed E-state index contributed by atoms with van der Waals surface area (Å²) in [4.78, 5) is 22.0. The molecule has 0 bridgehead atoms. The van der Waals surface area contributed by atoms with Crippen LogP contribution in [-0.4, -0.2) is 11.0 Å². The highest BCUT2D eigenvalue weighted by molar-refractivity contribution is 5.27. The molecule has 0 amide bonds. The molecule has 0 aliphatic heterocycles. The van der Waals surface area contributed by atoms with Crippen LogP contribution in [0, 0.1) is 15.0 Å². The molecule has 0 spiro atoms. The minimum atomic E-state index is -1.18. The summed E-state index contributed by atoms with van der Waals surface area (Å²) in [6.07, 6.45) is 2.49. The fourth-order valence-corrected chi connectivity index (χ4v) is 2.64. The second-order valence-electron chi connectivity index (χ2n) is 4.43. The normalized spacial score (nSPS) is 28.6. The summed E-state index contributed by atoms with van der Waals surface area (Å²) in [7, 11) is 0. The molecule has 0 saturated heterocycles. The number of hydrogen-bond donors (Lipinski definition) is 0. The van der Waals surface area contributed by atoms with E-state index in [2.05, 4.69) is 5.18 Å². The molecule has 1 aliphatic carbocycles. The van der Waals surface area contributed by atoms with Crippen LogP contribution in [-0.2, 0) is 5.54 Å². The molecule has 1 aromatic carbocycles. The van der Waals surface area contributed by atoms with Crippen LogP contribution in [0.3, 0.4) is 0 Å². The average Bonchev–Trinajstić information content (AvgIpc) is 2.39. The van der Waals surface area contributed by atoms with Gasteiger partial charge in [-0.25, -0.2) is 0 Å². The number of nitroso groups, excluding NO2 is 1. The number of nitro groups is 1. The van der Waals surface area contributed by atoms with Gasteiger partial charge in [0.15, 0.2) is 5.54 Å². The van der Waals surface area contributed by atoms with Gasteiger partial charge in [0.25, 0.3) is 0 Å². The summed E-state index contributed by atoms with van der Waals surface area (Å²) in [6, 6.07) is 8.01. The Bertz CT molecular complexity index is 421. The molecule has 0 aromatic heterocycles. The molecule has 2 rings (SSSR count). The Morgan fingerprint density at radius 1 is 1.29 bits per heavy atom. The quantitative estimate of drug-likeness (QED) is 0.458. The third-order valence-electron chi connectivity index (χ3n) is 3.53. The van der Waals surface area contributed by atoms with Gasteiger partial charge in [-0.3, -0.25) is 10.1 Å². The predicted octanol–water partition coefficient (Wildman–Crippen LogP) is 2.87. The molecule has 1 fully saturated rings. The molecular weight excluding hydrogens is 220 g/mol. The summed E-state index contributed by atoms with van der Waals surface area (Å²) < 4.78 is 0. The molecule has 1 saturated carbocycles. The lowest BCUT2D eigenvalue weighted by atomic mass is 9.74. The fraction of sp³-hybridized carbons (Fsp3) is 0.500. The fourth-order valence-electron chi connectivity index (χ4n) is 2.64. The minimum absolute atomic E-state index is 0.354. The Labute approximate surface area is 99.0 Å². The van der Waals surface area contributed by atoms with Crippen LogP contribution in [0.2, 0.25) is 0 Å². The monoisotopic (exact) mass is 234 g/mol. The molecule has 1 aromatic rings. The van der Waals surface area contributed by atoms with Gasteiger partial charge in [-0.15, -0.1) is 4.91 Å². The van der Waals surface area contributed by atoms with Gasteiger partial charge in [0.2, 0.25) is 6.04 Å². The highest BCUT2D eigenvalue weighted by Crippen LogP contribution is 2.41. The molecule has 1 aliphatic rings. The standard InChI is InChI=1S/C12H14N2O3/c15-13-12(10-6-2-1-3-7-10)9-5-4-8-11(12)14(16)17/h1-3,6-7,11H,4-5,8-9H2/t11-,12-/m1/s1. The van der Waals surface area contributed by atoms with Gasteiger partial charge in [0.1, 0.15) is 0 Å². The van der Waals surface area contributed by atoms with Crippen molar-refractivity contribution in [3.63, 3.8) is 0 Å². The summed E-state index contributed by atoms with van der Waals surface area (Å²) in [6.45, 7) is 0. The van der Waals surface area contributed by atoms with Crippen molar-refractivity contribution in [1.82, 2.24) is 0 Å². The molecule has 0 N–H and O–H groups in total. The van der Waals surface area contributed by atoms with E-state index in [-0.39, 0.29) is 4.92 Å². The molecule has 90 valence electrons. The van der Waals surface area contributed by atoms with Gasteiger partial charge >= 0.3 is 0 Å². The highest BCUT2D eigenvalue weighted by atomic mass is 16.6. The van der Waals surface area contributed by atoms with Crippen molar-refractivity contribution in [2.45, 2.75) is 37.3 Å². The second-order valence-corrected chi connectivity index (χ2v) is 4.43. The second kappa shape index (κ2) is 4.61. The van der Waals surface area contributed by atoms with E-state index in [9.17, 15) is 15.0 Å². The SMILES string of the molecule is O=N[C@@]1(c2ccccc2)CCCC[C@H]1[N+](=O)[O-]. The summed E-state index contributed by atoms with van der Waals surface area (Å²) in [5.41, 5.74) is -0.514. The van der Waals surface area contributed by atoms with Gasteiger partial charge in [-0.05, 0) is 24.8 Å². The highest BCUT2D eigenvalue weighted by Gasteiger charge is 2.51. The molecule has 0 unspecified atom stereocenters. The largest absolute Gasteiger partial charge is 0.264 e. The molecule has 0 heterocycles. The van der Waals surface area contributed by atoms with E-state index in [4.69, 9.17) is 0 Å². The zero-order chi connectivity index (χ0) is 12.3. The molecular formula is C12H14N2O3. The maximum absolute atomic E-state index is 11.2. The molecule has 0 radical (unpaired) electrons. The average molecular weight is 234 g/mol. The van der Waals surface area contributed by atoms with E-state index in [1.54, 1.807) is 24.3 Å². The Balaban J connectivity index is 2.47. The summed E-state index contributed by atoms with van der Waals surface area (Å²) in [5.74, 6) is 0. The molecule has 17 heavy (non-hydrogen) atoms. The van der Waals surface area contributed by atoms with Crippen LogP contribution in [0.5, 0.6) is 0 Å². The first-order valence-electron chi connectivity index (χ1n) is 5.74. The maximum Gasteiger partial charge on any atom is 0.245 e. The van der Waals surface area contributed by atoms with Crippen molar-refractivity contribution in [3.8, 4) is 0 Å². The zero-order valence-corrected chi connectivity index (χ0v) is 9.41. The van der Waals surface area contributed by atoms with Crippen molar-refractivity contribution in [2.24, 2.45) is 5.18 Å². The van der Waals surface area contributed by atoms with Crippen LogP contribution >= 0.6 is 0 Å². The Kier molecular flexibility index (Phi) is 3.17. The van der Waals surface area contributed by atoms with Crippen molar-refractivity contribution in [1.29, 1.82) is 0 Å². The maximum atomic E-state index is 11.2. The van der Waals surface area contributed by atoms with Crippen LogP contribution in [0.25, 0.3) is 0 Å². The third kappa shape index (κ3) is 1.92. The van der Waals surface area contributed by atoms with E-state index in [1.165, 1.54) is 0 Å². The summed E-state index contributed by atoms with van der Waals surface area (Å²) in [5, 5.41) is 14.3. The van der Waals surface area contributed by atoms with Gasteiger partial charge in [-0.1, -0.05) is 35.5 Å². The lowest BCUT2D eigenvalue weighted by Crippen LogP contribution is -2.45.